The maximum Gasteiger partial charge on any atom is 0.322 e. The summed E-state index contributed by atoms with van der Waals surface area (Å²) in [6.45, 7) is 1.57. The molecule has 13 heavy (non-hydrogen) atoms. The van der Waals surface area contributed by atoms with Crippen molar-refractivity contribution < 1.29 is 19.8 Å². The molecule has 0 saturated carbocycles. The molecular formula is C8H15NO4. The van der Waals surface area contributed by atoms with Crippen LogP contribution in [0.1, 0.15) is 13.3 Å². The van der Waals surface area contributed by atoms with Crippen LogP contribution in [0.15, 0.2) is 0 Å². The van der Waals surface area contributed by atoms with Crippen molar-refractivity contribution in [3.63, 3.8) is 0 Å². The van der Waals surface area contributed by atoms with Gasteiger partial charge in [0.2, 0.25) is 0 Å². The molecule has 0 spiro atoms. The third kappa shape index (κ3) is 2.42. The van der Waals surface area contributed by atoms with Gasteiger partial charge in [0, 0.05) is 6.54 Å². The highest BCUT2D eigenvalue weighted by atomic mass is 16.4. The lowest BCUT2D eigenvalue weighted by Gasteiger charge is -2.26. The second-order valence-electron chi connectivity index (χ2n) is 3.28. The minimum atomic E-state index is -1.68. The van der Waals surface area contributed by atoms with Crippen LogP contribution in [0, 0.1) is 5.41 Å². The van der Waals surface area contributed by atoms with Crippen LogP contribution >= 0.6 is 0 Å². The molecule has 76 valence electrons. The Kier molecular flexibility index (Phi) is 3.87. The van der Waals surface area contributed by atoms with E-state index in [4.69, 9.17) is 10.2 Å². The quantitative estimate of drug-likeness (QED) is 0.600. The van der Waals surface area contributed by atoms with Gasteiger partial charge in [-0.2, -0.15) is 0 Å². The number of carboxylic acids is 2. The van der Waals surface area contributed by atoms with Gasteiger partial charge in [-0.1, -0.05) is 6.92 Å². The topological polar surface area (TPSA) is 77.8 Å². The molecule has 5 heteroatoms. The largest absolute Gasteiger partial charge is 0.480 e. The van der Waals surface area contributed by atoms with Gasteiger partial charge in [-0.3, -0.25) is 9.59 Å². The van der Waals surface area contributed by atoms with Crippen molar-refractivity contribution in [1.29, 1.82) is 0 Å². The van der Waals surface area contributed by atoms with Crippen molar-refractivity contribution in [3.8, 4) is 0 Å². The lowest BCUT2D eigenvalue weighted by atomic mass is 9.85. The molecule has 0 atom stereocenters. The molecule has 2 N–H and O–H groups in total. The third-order valence-corrected chi connectivity index (χ3v) is 2.01. The average molecular weight is 189 g/mol. The van der Waals surface area contributed by atoms with Gasteiger partial charge in [0.15, 0.2) is 5.41 Å². The van der Waals surface area contributed by atoms with E-state index in [1.54, 1.807) is 25.9 Å². The number of nitrogens with zero attached hydrogens (tertiary/aromatic N) is 1. The normalized spacial score (nSPS) is 11.7. The van der Waals surface area contributed by atoms with Gasteiger partial charge in [0.1, 0.15) is 0 Å². The van der Waals surface area contributed by atoms with Crippen LogP contribution in [-0.2, 0) is 9.59 Å². The zero-order chi connectivity index (χ0) is 10.6. The Labute approximate surface area is 77.0 Å². The SMILES string of the molecule is CCC(CN(C)C)(C(=O)O)C(=O)O. The van der Waals surface area contributed by atoms with Crippen molar-refractivity contribution in [1.82, 2.24) is 4.90 Å². The molecule has 0 aliphatic carbocycles. The molecule has 0 saturated heterocycles. The van der Waals surface area contributed by atoms with Crippen molar-refractivity contribution in [3.05, 3.63) is 0 Å². The van der Waals surface area contributed by atoms with Crippen molar-refractivity contribution >= 4 is 11.9 Å². The molecule has 5 nitrogen and oxygen atoms in total. The Hall–Kier alpha value is -1.10. The Bertz CT molecular complexity index is 198. The summed E-state index contributed by atoms with van der Waals surface area (Å²) in [6.07, 6.45) is 0.0792. The molecule has 0 aromatic rings. The number of hydrogen-bond acceptors (Lipinski definition) is 3. The second-order valence-corrected chi connectivity index (χ2v) is 3.28. The first kappa shape index (κ1) is 11.9. The fraction of sp³-hybridized carbons (Fsp3) is 0.750. The van der Waals surface area contributed by atoms with Crippen LogP contribution in [0.4, 0.5) is 0 Å². The third-order valence-electron chi connectivity index (χ3n) is 2.01. The first-order chi connectivity index (χ1) is 5.86. The summed E-state index contributed by atoms with van der Waals surface area (Å²) in [6, 6.07) is 0. The number of carbonyl (C=O) groups is 2. The smallest absolute Gasteiger partial charge is 0.322 e. The van der Waals surface area contributed by atoms with E-state index in [1.165, 1.54) is 0 Å². The van der Waals surface area contributed by atoms with Gasteiger partial charge in [0.25, 0.3) is 0 Å². The van der Waals surface area contributed by atoms with Gasteiger partial charge in [-0.25, -0.2) is 0 Å². The first-order valence-corrected chi connectivity index (χ1v) is 3.98. The second kappa shape index (κ2) is 4.23. The van der Waals surface area contributed by atoms with E-state index in [0.717, 1.165) is 0 Å². The molecule has 0 fully saturated rings. The monoisotopic (exact) mass is 189 g/mol. The predicted octanol–water partition coefficient (Wildman–Crippen LogP) is 0.114. The first-order valence-electron chi connectivity index (χ1n) is 3.98. The van der Waals surface area contributed by atoms with E-state index < -0.39 is 17.4 Å². The standard InChI is InChI=1S/C8H15NO4/c1-4-8(6(10)11,7(12)13)5-9(2)3/h4-5H2,1-3H3,(H,10,11)(H,12,13). The molecule has 0 aliphatic rings. The molecule has 0 heterocycles. The maximum absolute atomic E-state index is 10.8. The van der Waals surface area contributed by atoms with Gasteiger partial charge in [0.05, 0.1) is 0 Å². The van der Waals surface area contributed by atoms with Crippen molar-refractivity contribution in [2.45, 2.75) is 13.3 Å². The highest BCUT2D eigenvalue weighted by Crippen LogP contribution is 2.23. The summed E-state index contributed by atoms with van der Waals surface area (Å²) in [5.41, 5.74) is -1.68. The fourth-order valence-corrected chi connectivity index (χ4v) is 1.18. The summed E-state index contributed by atoms with van der Waals surface area (Å²) in [5, 5.41) is 17.7. The number of hydrogen-bond donors (Lipinski definition) is 2. The molecular weight excluding hydrogens is 174 g/mol. The zero-order valence-electron chi connectivity index (χ0n) is 8.07. The van der Waals surface area contributed by atoms with E-state index in [1.807, 2.05) is 0 Å². The lowest BCUT2D eigenvalue weighted by molar-refractivity contribution is -0.166. The summed E-state index contributed by atoms with van der Waals surface area (Å²) in [5.74, 6) is -2.56. The van der Waals surface area contributed by atoms with Crippen LogP contribution in [0.2, 0.25) is 0 Å². The number of rotatable bonds is 5. The Balaban J connectivity index is 4.87. The average Bonchev–Trinajstić information content (AvgIpc) is 1.98. The highest BCUT2D eigenvalue weighted by Gasteiger charge is 2.45. The summed E-state index contributed by atoms with van der Waals surface area (Å²) < 4.78 is 0. The Morgan fingerprint density at radius 2 is 1.62 bits per heavy atom. The molecule has 0 bridgehead atoms. The lowest BCUT2D eigenvalue weighted by Crippen LogP contribution is -2.46. The summed E-state index contributed by atoms with van der Waals surface area (Å²) >= 11 is 0. The van der Waals surface area contributed by atoms with Crippen LogP contribution in [-0.4, -0.2) is 47.7 Å². The van der Waals surface area contributed by atoms with Crippen LogP contribution in [0.25, 0.3) is 0 Å². The minimum Gasteiger partial charge on any atom is -0.480 e. The van der Waals surface area contributed by atoms with E-state index in [2.05, 4.69) is 0 Å². The number of aliphatic carboxylic acids is 2. The van der Waals surface area contributed by atoms with E-state index in [9.17, 15) is 9.59 Å². The fourth-order valence-electron chi connectivity index (χ4n) is 1.18. The molecule has 0 radical (unpaired) electrons. The van der Waals surface area contributed by atoms with Gasteiger partial charge >= 0.3 is 11.9 Å². The number of carboxylic acid groups (broad SMARTS) is 2. The van der Waals surface area contributed by atoms with Crippen LogP contribution in [0.5, 0.6) is 0 Å². The summed E-state index contributed by atoms with van der Waals surface area (Å²) in [7, 11) is 3.30. The van der Waals surface area contributed by atoms with Crippen LogP contribution in [0.3, 0.4) is 0 Å². The summed E-state index contributed by atoms with van der Waals surface area (Å²) in [4.78, 5) is 23.2. The highest BCUT2D eigenvalue weighted by molar-refractivity contribution is 5.98. The van der Waals surface area contributed by atoms with E-state index >= 15 is 0 Å². The van der Waals surface area contributed by atoms with Crippen LogP contribution < -0.4 is 0 Å². The van der Waals surface area contributed by atoms with Gasteiger partial charge in [-0.05, 0) is 20.5 Å². The Morgan fingerprint density at radius 1 is 1.23 bits per heavy atom. The predicted molar refractivity (Wildman–Crippen MR) is 46.5 cm³/mol. The Morgan fingerprint density at radius 3 is 1.69 bits per heavy atom. The van der Waals surface area contributed by atoms with E-state index in [0.29, 0.717) is 0 Å². The maximum atomic E-state index is 10.8. The van der Waals surface area contributed by atoms with E-state index in [-0.39, 0.29) is 13.0 Å². The van der Waals surface area contributed by atoms with Gasteiger partial charge < -0.3 is 15.1 Å². The zero-order valence-corrected chi connectivity index (χ0v) is 8.07. The molecule has 0 aromatic carbocycles. The molecule has 0 aromatic heterocycles. The molecule has 0 aliphatic heterocycles. The minimum absolute atomic E-state index is 0.00810. The van der Waals surface area contributed by atoms with Gasteiger partial charge in [-0.15, -0.1) is 0 Å². The molecule has 0 rings (SSSR count). The van der Waals surface area contributed by atoms with Crippen molar-refractivity contribution in [2.75, 3.05) is 20.6 Å². The molecule has 0 unspecified atom stereocenters. The molecule has 0 amide bonds. The van der Waals surface area contributed by atoms with Crippen molar-refractivity contribution in [2.24, 2.45) is 5.41 Å².